The van der Waals surface area contributed by atoms with Crippen LogP contribution in [0.15, 0.2) is 41.8 Å². The zero-order valence-corrected chi connectivity index (χ0v) is 20.0. The molecule has 160 valence electrons. The van der Waals surface area contributed by atoms with Gasteiger partial charge in [-0.15, -0.1) is 35.1 Å². The molecular formula is C25H24ClNO2S2. The summed E-state index contributed by atoms with van der Waals surface area (Å²) in [5.74, 6) is -0.198. The molecule has 4 aromatic rings. The van der Waals surface area contributed by atoms with E-state index in [2.05, 4.69) is 42.6 Å². The highest BCUT2D eigenvalue weighted by molar-refractivity contribution is 7.19. The molecule has 0 amide bonds. The Morgan fingerprint density at radius 3 is 2.68 bits per heavy atom. The van der Waals surface area contributed by atoms with Crippen LogP contribution in [0.25, 0.3) is 31.9 Å². The number of aromatic nitrogens is 1. The van der Waals surface area contributed by atoms with Crippen molar-refractivity contribution in [2.45, 2.75) is 39.5 Å². The van der Waals surface area contributed by atoms with Gasteiger partial charge in [-0.3, -0.25) is 4.79 Å². The van der Waals surface area contributed by atoms with Crippen molar-refractivity contribution >= 4 is 51.3 Å². The number of esters is 1. The number of pyridine rings is 1. The Balaban J connectivity index is 0.00000231. The normalized spacial score (nSPS) is 12.6. The van der Waals surface area contributed by atoms with Crippen molar-refractivity contribution in [3.63, 3.8) is 0 Å². The topological polar surface area (TPSA) is 39.2 Å². The van der Waals surface area contributed by atoms with Gasteiger partial charge in [-0.25, -0.2) is 4.98 Å². The molecule has 0 fully saturated rings. The molecular weight excluding hydrogens is 446 g/mol. The Labute approximate surface area is 196 Å². The predicted molar refractivity (Wildman–Crippen MR) is 133 cm³/mol. The lowest BCUT2D eigenvalue weighted by atomic mass is 9.91. The summed E-state index contributed by atoms with van der Waals surface area (Å²) in [5, 5.41) is 3.31. The predicted octanol–water partition coefficient (Wildman–Crippen LogP) is 7.02. The Kier molecular flexibility index (Phi) is 6.47. The monoisotopic (exact) mass is 469 g/mol. The number of hydrogen-bond acceptors (Lipinski definition) is 5. The Bertz CT molecular complexity index is 1230. The summed E-state index contributed by atoms with van der Waals surface area (Å²) in [5.41, 5.74) is 6.88. The van der Waals surface area contributed by atoms with Gasteiger partial charge in [0.15, 0.2) is 0 Å². The van der Waals surface area contributed by atoms with Gasteiger partial charge in [-0.05, 0) is 66.8 Å². The molecule has 1 aliphatic rings. The summed E-state index contributed by atoms with van der Waals surface area (Å²) >= 11 is 3.49. The van der Waals surface area contributed by atoms with Crippen LogP contribution in [0.1, 0.15) is 34.9 Å². The van der Waals surface area contributed by atoms with Crippen molar-refractivity contribution < 1.29 is 9.53 Å². The minimum atomic E-state index is -0.198. The van der Waals surface area contributed by atoms with Gasteiger partial charge < -0.3 is 4.74 Å². The lowest BCUT2D eigenvalue weighted by molar-refractivity contribution is -0.142. The van der Waals surface area contributed by atoms with E-state index in [0.717, 1.165) is 44.9 Å². The Morgan fingerprint density at radius 2 is 1.97 bits per heavy atom. The van der Waals surface area contributed by atoms with E-state index in [-0.39, 0.29) is 24.8 Å². The van der Waals surface area contributed by atoms with E-state index >= 15 is 0 Å². The van der Waals surface area contributed by atoms with Crippen molar-refractivity contribution in [3.05, 3.63) is 63.3 Å². The van der Waals surface area contributed by atoms with Gasteiger partial charge in [-0.2, -0.15) is 0 Å². The molecule has 3 aromatic heterocycles. The quantitative estimate of drug-likeness (QED) is 0.295. The molecule has 0 bridgehead atoms. The first-order chi connectivity index (χ1) is 14.7. The summed E-state index contributed by atoms with van der Waals surface area (Å²) in [6, 6.07) is 12.8. The van der Waals surface area contributed by atoms with Crippen LogP contribution in [0.5, 0.6) is 0 Å². The number of carbonyl (C=O) groups excluding carboxylic acids is 1. The van der Waals surface area contributed by atoms with Crippen molar-refractivity contribution in [2.75, 3.05) is 6.61 Å². The highest BCUT2D eigenvalue weighted by Crippen LogP contribution is 2.46. The molecule has 0 atom stereocenters. The summed E-state index contributed by atoms with van der Waals surface area (Å²) in [6.07, 6.45) is 3.65. The molecule has 0 aliphatic heterocycles. The molecule has 1 aromatic carbocycles. The zero-order chi connectivity index (χ0) is 20.7. The maximum atomic E-state index is 12.6. The second kappa shape index (κ2) is 9.11. The minimum absolute atomic E-state index is 0. The third-order valence-electron chi connectivity index (χ3n) is 5.67. The molecule has 0 spiro atoms. The van der Waals surface area contributed by atoms with Crippen molar-refractivity contribution in [1.29, 1.82) is 0 Å². The third-order valence-corrected chi connectivity index (χ3v) is 7.74. The molecule has 31 heavy (non-hydrogen) atoms. The summed E-state index contributed by atoms with van der Waals surface area (Å²) in [7, 11) is 0. The smallest absolute Gasteiger partial charge is 0.310 e. The van der Waals surface area contributed by atoms with E-state index < -0.39 is 0 Å². The first-order valence-corrected chi connectivity index (χ1v) is 12.1. The standard InChI is InChI=1S/C25H23NO2S2.ClH/c1-3-28-21(27)14-18-22(16-11-9-15(2)10-12-16)23-17-6-4-7-19(17)30-25(23)26-24(18)20-8-5-13-29-20;/h5,8-13H,3-4,6-7,14H2,1-2H3;1H. The van der Waals surface area contributed by atoms with Gasteiger partial charge in [-0.1, -0.05) is 35.9 Å². The zero-order valence-electron chi connectivity index (χ0n) is 17.6. The van der Waals surface area contributed by atoms with E-state index in [9.17, 15) is 4.79 Å². The van der Waals surface area contributed by atoms with E-state index in [4.69, 9.17) is 9.72 Å². The highest BCUT2D eigenvalue weighted by Gasteiger charge is 2.27. The van der Waals surface area contributed by atoms with Gasteiger partial charge in [0.2, 0.25) is 0 Å². The number of carbonyl (C=O) groups is 1. The average molecular weight is 470 g/mol. The second-order valence-corrected chi connectivity index (χ2v) is 9.71. The molecule has 3 heterocycles. The fourth-order valence-electron chi connectivity index (χ4n) is 4.35. The summed E-state index contributed by atoms with van der Waals surface area (Å²) < 4.78 is 5.35. The number of thiophene rings is 2. The number of rotatable bonds is 5. The Hall–Kier alpha value is -2.21. The lowest BCUT2D eigenvalue weighted by Crippen LogP contribution is -2.10. The van der Waals surface area contributed by atoms with Crippen LogP contribution in [-0.4, -0.2) is 17.6 Å². The fourth-order valence-corrected chi connectivity index (χ4v) is 6.36. The van der Waals surface area contributed by atoms with Crippen LogP contribution in [0, 0.1) is 6.92 Å². The minimum Gasteiger partial charge on any atom is -0.466 e. The van der Waals surface area contributed by atoms with E-state index in [1.807, 2.05) is 24.3 Å². The average Bonchev–Trinajstić information content (AvgIpc) is 3.46. The largest absolute Gasteiger partial charge is 0.466 e. The highest BCUT2D eigenvalue weighted by atomic mass is 35.5. The van der Waals surface area contributed by atoms with Gasteiger partial charge >= 0.3 is 5.97 Å². The molecule has 0 saturated heterocycles. The molecule has 0 radical (unpaired) electrons. The first-order valence-electron chi connectivity index (χ1n) is 10.4. The van der Waals surface area contributed by atoms with Crippen molar-refractivity contribution in [3.8, 4) is 21.7 Å². The van der Waals surface area contributed by atoms with Crippen molar-refractivity contribution in [2.24, 2.45) is 0 Å². The van der Waals surface area contributed by atoms with E-state index in [1.165, 1.54) is 27.8 Å². The van der Waals surface area contributed by atoms with Crippen LogP contribution in [0.3, 0.4) is 0 Å². The van der Waals surface area contributed by atoms with Crippen LogP contribution in [0.2, 0.25) is 0 Å². The number of hydrogen-bond donors (Lipinski definition) is 0. The van der Waals surface area contributed by atoms with Crippen LogP contribution in [0.4, 0.5) is 0 Å². The molecule has 1 aliphatic carbocycles. The van der Waals surface area contributed by atoms with Crippen LogP contribution < -0.4 is 0 Å². The number of aryl methyl sites for hydroxylation is 3. The fraction of sp³-hybridized carbons (Fsp3) is 0.280. The maximum Gasteiger partial charge on any atom is 0.310 e. The van der Waals surface area contributed by atoms with Crippen molar-refractivity contribution in [1.82, 2.24) is 4.98 Å². The Morgan fingerprint density at radius 1 is 1.16 bits per heavy atom. The van der Waals surface area contributed by atoms with Gasteiger partial charge in [0.25, 0.3) is 0 Å². The number of ether oxygens (including phenoxy) is 1. The number of nitrogens with zero attached hydrogens (tertiary/aromatic N) is 1. The maximum absolute atomic E-state index is 12.6. The second-order valence-electron chi connectivity index (χ2n) is 7.68. The van der Waals surface area contributed by atoms with Crippen LogP contribution >= 0.6 is 35.1 Å². The van der Waals surface area contributed by atoms with E-state index in [0.29, 0.717) is 6.61 Å². The summed E-state index contributed by atoms with van der Waals surface area (Å²) in [6.45, 7) is 4.34. The molecule has 6 heteroatoms. The lowest BCUT2D eigenvalue weighted by Gasteiger charge is -2.16. The van der Waals surface area contributed by atoms with Gasteiger partial charge in [0.05, 0.1) is 23.6 Å². The summed E-state index contributed by atoms with van der Waals surface area (Å²) in [4.78, 5) is 21.4. The van der Waals surface area contributed by atoms with Gasteiger partial charge in [0.1, 0.15) is 4.83 Å². The molecule has 0 saturated carbocycles. The molecule has 0 unspecified atom stereocenters. The molecule has 3 nitrogen and oxygen atoms in total. The molecule has 0 N–H and O–H groups in total. The SMILES string of the molecule is CCOC(=O)Cc1c(-c2cccs2)nc2sc3c(c2c1-c1ccc(C)cc1)CCC3.Cl. The van der Waals surface area contributed by atoms with E-state index in [1.54, 1.807) is 11.3 Å². The van der Waals surface area contributed by atoms with Gasteiger partial charge in [0, 0.05) is 10.3 Å². The number of halogens is 1. The first kappa shape index (κ1) is 22.0. The number of benzene rings is 1. The molecule has 5 rings (SSSR count). The van der Waals surface area contributed by atoms with Crippen LogP contribution in [-0.2, 0) is 28.8 Å². The number of fused-ring (bicyclic) bond motifs is 3. The third kappa shape index (κ3) is 4.02.